The van der Waals surface area contributed by atoms with Gasteiger partial charge in [0.05, 0.1) is 0 Å². The van der Waals surface area contributed by atoms with Crippen LogP contribution in [0.25, 0.3) is 0 Å². The minimum absolute atomic E-state index is 0.168. The fraction of sp³-hybridized carbons (Fsp3) is 0.571. The van der Waals surface area contributed by atoms with Crippen molar-refractivity contribution in [2.45, 2.75) is 31.1 Å². The van der Waals surface area contributed by atoms with E-state index < -0.39 is 0 Å². The number of fused-ring (bicyclic) bond motifs is 1. The van der Waals surface area contributed by atoms with E-state index in [1.165, 1.54) is 31.4 Å². The first kappa shape index (κ1) is 10.6. The van der Waals surface area contributed by atoms with Crippen LogP contribution in [0, 0.1) is 23.6 Å². The summed E-state index contributed by atoms with van der Waals surface area (Å²) in [6, 6.07) is 6.74. The second kappa shape index (κ2) is 4.03. The molecule has 0 aromatic heterocycles. The van der Waals surface area contributed by atoms with Gasteiger partial charge in [-0.3, -0.25) is 0 Å². The second-order valence-electron chi connectivity index (χ2n) is 5.18. The molecule has 3 unspecified atom stereocenters. The first-order valence-corrected chi connectivity index (χ1v) is 6.58. The van der Waals surface area contributed by atoms with E-state index in [1.54, 1.807) is 0 Å². The zero-order chi connectivity index (χ0) is 11.1. The lowest BCUT2D eigenvalue weighted by Gasteiger charge is -2.11. The molecule has 0 amide bonds. The maximum atomic E-state index is 12.7. The Balaban J connectivity index is 1.60. The van der Waals surface area contributed by atoms with Crippen LogP contribution in [-0.4, -0.2) is 5.38 Å². The average Bonchev–Trinajstić information content (AvgIpc) is 2.76. The van der Waals surface area contributed by atoms with E-state index in [0.29, 0.717) is 0 Å². The van der Waals surface area contributed by atoms with Crippen molar-refractivity contribution in [2.24, 2.45) is 17.8 Å². The van der Waals surface area contributed by atoms with E-state index in [1.807, 2.05) is 12.1 Å². The Morgan fingerprint density at radius 3 is 2.44 bits per heavy atom. The third-order valence-electron chi connectivity index (χ3n) is 4.23. The van der Waals surface area contributed by atoms with Crippen LogP contribution < -0.4 is 0 Å². The maximum absolute atomic E-state index is 12.7. The molecule has 0 saturated heterocycles. The van der Waals surface area contributed by atoms with Crippen molar-refractivity contribution in [2.75, 3.05) is 0 Å². The van der Waals surface area contributed by atoms with Crippen LogP contribution in [0.4, 0.5) is 4.39 Å². The number of rotatable bonds is 3. The molecule has 2 saturated carbocycles. The third-order valence-corrected chi connectivity index (χ3v) is 4.68. The van der Waals surface area contributed by atoms with Gasteiger partial charge in [0.2, 0.25) is 0 Å². The lowest BCUT2D eigenvalue weighted by molar-refractivity contribution is 0.558. The number of hydrogen-bond acceptors (Lipinski definition) is 0. The summed E-state index contributed by atoms with van der Waals surface area (Å²) in [6.07, 6.45) is 5.04. The van der Waals surface area contributed by atoms with Gasteiger partial charge in [-0.15, -0.1) is 11.6 Å². The highest BCUT2D eigenvalue weighted by atomic mass is 35.5. The van der Waals surface area contributed by atoms with Gasteiger partial charge in [0.25, 0.3) is 0 Å². The van der Waals surface area contributed by atoms with Gasteiger partial charge in [0.1, 0.15) is 5.82 Å². The highest BCUT2D eigenvalue weighted by Gasteiger charge is 2.55. The summed E-state index contributed by atoms with van der Waals surface area (Å²) in [4.78, 5) is 0. The molecule has 86 valence electrons. The van der Waals surface area contributed by atoms with Crippen molar-refractivity contribution in [1.29, 1.82) is 0 Å². The Kier molecular flexibility index (Phi) is 2.67. The molecule has 0 aliphatic heterocycles. The van der Waals surface area contributed by atoms with Gasteiger partial charge < -0.3 is 0 Å². The Bertz CT molecular complexity index is 363. The highest BCUT2D eigenvalue weighted by Crippen LogP contribution is 2.60. The number of halogens is 2. The quantitative estimate of drug-likeness (QED) is 0.698. The minimum Gasteiger partial charge on any atom is -0.207 e. The van der Waals surface area contributed by atoms with Crippen molar-refractivity contribution < 1.29 is 4.39 Å². The van der Waals surface area contributed by atoms with E-state index >= 15 is 0 Å². The molecule has 0 heterocycles. The predicted molar refractivity (Wildman–Crippen MR) is 64.1 cm³/mol. The Morgan fingerprint density at radius 2 is 1.81 bits per heavy atom. The number of benzene rings is 1. The highest BCUT2D eigenvalue weighted by molar-refractivity contribution is 6.21. The maximum Gasteiger partial charge on any atom is 0.123 e. The molecule has 0 radical (unpaired) electrons. The summed E-state index contributed by atoms with van der Waals surface area (Å²) in [5, 5.41) is 0.251. The van der Waals surface area contributed by atoms with Gasteiger partial charge in [-0.1, -0.05) is 18.6 Å². The molecule has 2 heteroatoms. The van der Waals surface area contributed by atoms with E-state index in [4.69, 9.17) is 11.6 Å². The fourth-order valence-corrected chi connectivity index (χ4v) is 3.95. The molecule has 0 bridgehead atoms. The second-order valence-corrected chi connectivity index (χ2v) is 5.74. The average molecular weight is 239 g/mol. The molecular weight excluding hydrogens is 223 g/mol. The summed E-state index contributed by atoms with van der Waals surface area (Å²) >= 11 is 6.46. The van der Waals surface area contributed by atoms with E-state index in [0.717, 1.165) is 29.7 Å². The molecule has 0 nitrogen and oxygen atoms in total. The van der Waals surface area contributed by atoms with Crippen LogP contribution in [0.5, 0.6) is 0 Å². The van der Waals surface area contributed by atoms with Gasteiger partial charge in [-0.2, -0.15) is 0 Å². The van der Waals surface area contributed by atoms with Crippen molar-refractivity contribution >= 4 is 11.6 Å². The van der Waals surface area contributed by atoms with Crippen LogP contribution in [0.3, 0.4) is 0 Å². The summed E-state index contributed by atoms with van der Waals surface area (Å²) in [5.41, 5.74) is 1.16. The van der Waals surface area contributed by atoms with Crippen molar-refractivity contribution in [3.8, 4) is 0 Å². The normalized spacial score (nSPS) is 33.5. The minimum atomic E-state index is -0.168. The SMILES string of the molecule is Fc1ccc(CC(Cl)C2C3CCCC32)cc1. The summed E-state index contributed by atoms with van der Waals surface area (Å²) in [7, 11) is 0. The molecule has 2 fully saturated rings. The zero-order valence-corrected chi connectivity index (χ0v) is 9.96. The van der Waals surface area contributed by atoms with Crippen molar-refractivity contribution in [3.63, 3.8) is 0 Å². The molecule has 0 spiro atoms. The topological polar surface area (TPSA) is 0 Å². The van der Waals surface area contributed by atoms with Gasteiger partial charge in [-0.05, 0) is 54.7 Å². The van der Waals surface area contributed by atoms with Crippen LogP contribution in [0.15, 0.2) is 24.3 Å². The van der Waals surface area contributed by atoms with Gasteiger partial charge in [0, 0.05) is 5.38 Å². The Hall–Kier alpha value is -0.560. The van der Waals surface area contributed by atoms with E-state index in [-0.39, 0.29) is 11.2 Å². The Morgan fingerprint density at radius 1 is 1.19 bits per heavy atom. The first-order valence-electron chi connectivity index (χ1n) is 6.14. The standard InChI is InChI=1S/C14H16ClF/c15-13(14-11-2-1-3-12(11)14)8-9-4-6-10(16)7-5-9/h4-7,11-14H,1-3,8H2. The molecular formula is C14H16ClF. The van der Waals surface area contributed by atoms with Crippen molar-refractivity contribution in [3.05, 3.63) is 35.6 Å². The lowest BCUT2D eigenvalue weighted by atomic mass is 10.0. The number of hydrogen-bond donors (Lipinski definition) is 0. The van der Waals surface area contributed by atoms with E-state index in [2.05, 4.69) is 0 Å². The monoisotopic (exact) mass is 238 g/mol. The molecule has 3 rings (SSSR count). The van der Waals surface area contributed by atoms with Crippen LogP contribution in [0.2, 0.25) is 0 Å². The smallest absolute Gasteiger partial charge is 0.123 e. The molecule has 3 atom stereocenters. The lowest BCUT2D eigenvalue weighted by Crippen LogP contribution is -2.09. The summed E-state index contributed by atoms with van der Waals surface area (Å²) in [5.74, 6) is 2.38. The molecule has 2 aliphatic rings. The zero-order valence-electron chi connectivity index (χ0n) is 9.20. The summed E-state index contributed by atoms with van der Waals surface area (Å²) < 4.78 is 12.7. The molecule has 0 N–H and O–H groups in total. The summed E-state index contributed by atoms with van der Waals surface area (Å²) in [6.45, 7) is 0. The van der Waals surface area contributed by atoms with Gasteiger partial charge in [0.15, 0.2) is 0 Å². The molecule has 2 aliphatic carbocycles. The molecule has 1 aromatic rings. The molecule has 1 aromatic carbocycles. The van der Waals surface area contributed by atoms with Crippen LogP contribution >= 0.6 is 11.6 Å². The predicted octanol–water partition coefficient (Wildman–Crippen LogP) is 4.02. The van der Waals surface area contributed by atoms with E-state index in [9.17, 15) is 4.39 Å². The fourth-order valence-electron chi connectivity index (χ4n) is 3.40. The van der Waals surface area contributed by atoms with Crippen molar-refractivity contribution in [1.82, 2.24) is 0 Å². The van der Waals surface area contributed by atoms with Crippen LogP contribution in [-0.2, 0) is 6.42 Å². The Labute approximate surface area is 101 Å². The molecule has 16 heavy (non-hydrogen) atoms. The number of alkyl halides is 1. The first-order chi connectivity index (χ1) is 7.75. The van der Waals surface area contributed by atoms with Gasteiger partial charge >= 0.3 is 0 Å². The third kappa shape index (κ3) is 1.86. The largest absolute Gasteiger partial charge is 0.207 e. The van der Waals surface area contributed by atoms with Gasteiger partial charge in [-0.25, -0.2) is 4.39 Å². The van der Waals surface area contributed by atoms with Crippen LogP contribution in [0.1, 0.15) is 24.8 Å².